The molecule has 5 nitrogen and oxygen atoms in total. The van der Waals surface area contributed by atoms with Gasteiger partial charge >= 0.3 is 0 Å². The summed E-state index contributed by atoms with van der Waals surface area (Å²) in [5.41, 5.74) is 2.21. The van der Waals surface area contributed by atoms with Crippen LogP contribution in [0.25, 0.3) is 11.3 Å². The van der Waals surface area contributed by atoms with Gasteiger partial charge in [0.15, 0.2) is 11.6 Å². The molecule has 0 fully saturated rings. The highest BCUT2D eigenvalue weighted by Crippen LogP contribution is 2.26. The van der Waals surface area contributed by atoms with Gasteiger partial charge in [-0.15, -0.1) is 5.10 Å². The van der Waals surface area contributed by atoms with Crippen LogP contribution in [0, 0.1) is 5.82 Å². The number of pyridine rings is 1. The van der Waals surface area contributed by atoms with Gasteiger partial charge in [0, 0.05) is 11.8 Å². The van der Waals surface area contributed by atoms with E-state index in [1.54, 1.807) is 23.0 Å². The van der Waals surface area contributed by atoms with E-state index < -0.39 is 5.82 Å². The van der Waals surface area contributed by atoms with Crippen molar-refractivity contribution in [3.63, 3.8) is 0 Å². The predicted molar refractivity (Wildman–Crippen MR) is 89.3 cm³/mol. The first-order valence-corrected chi connectivity index (χ1v) is 7.98. The molecule has 2 aromatic heterocycles. The Morgan fingerprint density at radius 2 is 2.08 bits per heavy atom. The standard InChI is InChI=1S/C18H19FN4O/c1-3-17(15-7-5-6-10-20-15)23-12-16(21-22-23)13-8-9-18(24-4-2)14(19)11-13/h5-12,17H,3-4H2,1-2H3/t17-/m1/s1. The zero-order valence-electron chi connectivity index (χ0n) is 13.7. The van der Waals surface area contributed by atoms with Crippen LogP contribution in [-0.2, 0) is 0 Å². The van der Waals surface area contributed by atoms with Crippen molar-refractivity contribution in [2.45, 2.75) is 26.3 Å². The molecule has 2 heterocycles. The van der Waals surface area contributed by atoms with E-state index in [4.69, 9.17) is 4.74 Å². The third-order valence-electron chi connectivity index (χ3n) is 3.77. The summed E-state index contributed by atoms with van der Waals surface area (Å²) in [5, 5.41) is 8.38. The first kappa shape index (κ1) is 16.1. The van der Waals surface area contributed by atoms with Crippen molar-refractivity contribution in [2.75, 3.05) is 6.61 Å². The van der Waals surface area contributed by atoms with E-state index in [1.807, 2.05) is 31.3 Å². The molecule has 1 atom stereocenters. The monoisotopic (exact) mass is 326 g/mol. The summed E-state index contributed by atoms with van der Waals surface area (Å²) in [7, 11) is 0. The lowest BCUT2D eigenvalue weighted by molar-refractivity contribution is 0.321. The van der Waals surface area contributed by atoms with Crippen LogP contribution in [-0.4, -0.2) is 26.6 Å². The van der Waals surface area contributed by atoms with Gasteiger partial charge in [0.05, 0.1) is 24.5 Å². The number of aromatic nitrogens is 4. The highest BCUT2D eigenvalue weighted by atomic mass is 19.1. The molecule has 124 valence electrons. The van der Waals surface area contributed by atoms with Gasteiger partial charge < -0.3 is 4.74 Å². The summed E-state index contributed by atoms with van der Waals surface area (Å²) in [5.74, 6) is -0.158. The second kappa shape index (κ2) is 7.21. The van der Waals surface area contributed by atoms with Crippen LogP contribution in [0.5, 0.6) is 5.75 Å². The van der Waals surface area contributed by atoms with Gasteiger partial charge in [-0.3, -0.25) is 4.98 Å². The van der Waals surface area contributed by atoms with E-state index in [0.29, 0.717) is 17.9 Å². The Morgan fingerprint density at radius 1 is 1.21 bits per heavy atom. The van der Waals surface area contributed by atoms with Crippen LogP contribution in [0.15, 0.2) is 48.8 Å². The van der Waals surface area contributed by atoms with Crippen molar-refractivity contribution >= 4 is 0 Å². The molecule has 6 heteroatoms. The molecule has 0 radical (unpaired) electrons. The first-order chi connectivity index (χ1) is 11.7. The van der Waals surface area contributed by atoms with Crippen LogP contribution in [0.4, 0.5) is 4.39 Å². The molecule has 24 heavy (non-hydrogen) atoms. The summed E-state index contributed by atoms with van der Waals surface area (Å²) in [6.45, 7) is 4.31. The average Bonchev–Trinajstić information content (AvgIpc) is 3.08. The molecule has 1 aromatic carbocycles. The highest BCUT2D eigenvalue weighted by molar-refractivity contribution is 5.59. The Bertz CT molecular complexity index is 804. The van der Waals surface area contributed by atoms with Gasteiger partial charge in [0.25, 0.3) is 0 Å². The van der Waals surface area contributed by atoms with Crippen molar-refractivity contribution in [2.24, 2.45) is 0 Å². The molecule has 3 aromatic rings. The molecule has 0 aliphatic heterocycles. The molecule has 0 aliphatic rings. The van der Waals surface area contributed by atoms with Crippen LogP contribution in [0.3, 0.4) is 0 Å². The van der Waals surface area contributed by atoms with Crippen LogP contribution in [0.1, 0.15) is 32.0 Å². The minimum atomic E-state index is -0.402. The van der Waals surface area contributed by atoms with Crippen LogP contribution in [0.2, 0.25) is 0 Å². The van der Waals surface area contributed by atoms with Gasteiger partial charge in [-0.1, -0.05) is 18.2 Å². The Balaban J connectivity index is 1.89. The van der Waals surface area contributed by atoms with Crippen molar-refractivity contribution in [3.8, 4) is 17.0 Å². The number of hydrogen-bond acceptors (Lipinski definition) is 4. The minimum absolute atomic E-state index is 0.00000474. The van der Waals surface area contributed by atoms with Crippen molar-refractivity contribution in [1.29, 1.82) is 0 Å². The summed E-state index contributed by atoms with van der Waals surface area (Å²) < 4.78 is 21.0. The third kappa shape index (κ3) is 3.27. The van der Waals surface area contributed by atoms with E-state index in [-0.39, 0.29) is 11.8 Å². The van der Waals surface area contributed by atoms with E-state index in [9.17, 15) is 4.39 Å². The lowest BCUT2D eigenvalue weighted by atomic mass is 10.1. The zero-order chi connectivity index (χ0) is 16.9. The van der Waals surface area contributed by atoms with Gasteiger partial charge in [-0.2, -0.15) is 0 Å². The molecule has 0 saturated carbocycles. The summed E-state index contributed by atoms with van der Waals surface area (Å²) in [4.78, 5) is 4.39. The first-order valence-electron chi connectivity index (χ1n) is 7.98. The average molecular weight is 326 g/mol. The number of rotatable bonds is 6. The van der Waals surface area contributed by atoms with E-state index in [2.05, 4.69) is 22.2 Å². The second-order valence-electron chi connectivity index (χ2n) is 5.34. The number of halogens is 1. The fourth-order valence-corrected chi connectivity index (χ4v) is 2.60. The van der Waals surface area contributed by atoms with Gasteiger partial charge in [0.2, 0.25) is 0 Å². The molecule has 0 N–H and O–H groups in total. The second-order valence-corrected chi connectivity index (χ2v) is 5.34. The van der Waals surface area contributed by atoms with E-state index >= 15 is 0 Å². The number of hydrogen-bond donors (Lipinski definition) is 0. The fraction of sp³-hybridized carbons (Fsp3) is 0.278. The lowest BCUT2D eigenvalue weighted by Gasteiger charge is -2.13. The maximum Gasteiger partial charge on any atom is 0.165 e. The van der Waals surface area contributed by atoms with E-state index in [1.165, 1.54) is 6.07 Å². The molecule has 0 unspecified atom stereocenters. The Hall–Kier alpha value is -2.76. The van der Waals surface area contributed by atoms with Gasteiger partial charge in [-0.25, -0.2) is 9.07 Å². The third-order valence-corrected chi connectivity index (χ3v) is 3.77. The normalized spacial score (nSPS) is 12.1. The largest absolute Gasteiger partial charge is 0.491 e. The van der Waals surface area contributed by atoms with Crippen molar-refractivity contribution < 1.29 is 9.13 Å². The molecule has 0 bridgehead atoms. The minimum Gasteiger partial charge on any atom is -0.491 e. The van der Waals surface area contributed by atoms with E-state index in [0.717, 1.165) is 12.1 Å². The Labute approximate surface area is 140 Å². The molecule has 0 amide bonds. The smallest absolute Gasteiger partial charge is 0.165 e. The van der Waals surface area contributed by atoms with Gasteiger partial charge in [-0.05, 0) is 43.7 Å². The Morgan fingerprint density at radius 3 is 2.75 bits per heavy atom. The Kier molecular flexibility index (Phi) is 4.84. The molecular formula is C18H19FN4O. The fourth-order valence-electron chi connectivity index (χ4n) is 2.60. The zero-order valence-corrected chi connectivity index (χ0v) is 13.7. The molecule has 0 spiro atoms. The molecule has 0 saturated heterocycles. The lowest BCUT2D eigenvalue weighted by Crippen LogP contribution is -2.11. The predicted octanol–water partition coefficient (Wildman–Crippen LogP) is 3.88. The quantitative estimate of drug-likeness (QED) is 0.690. The molecular weight excluding hydrogens is 307 g/mol. The number of ether oxygens (including phenoxy) is 1. The number of nitrogens with zero attached hydrogens (tertiary/aromatic N) is 4. The highest BCUT2D eigenvalue weighted by Gasteiger charge is 2.16. The molecule has 3 rings (SSSR count). The van der Waals surface area contributed by atoms with Gasteiger partial charge in [0.1, 0.15) is 5.69 Å². The SMILES string of the molecule is CCOc1ccc(-c2cn([C@H](CC)c3ccccn3)nn2)cc1F. The molecule has 0 aliphatic carbocycles. The van der Waals surface area contributed by atoms with Crippen LogP contribution >= 0.6 is 0 Å². The maximum absolute atomic E-state index is 14.0. The van der Waals surface area contributed by atoms with Crippen molar-refractivity contribution in [1.82, 2.24) is 20.0 Å². The summed E-state index contributed by atoms with van der Waals surface area (Å²) in [6, 6.07) is 10.6. The topological polar surface area (TPSA) is 52.8 Å². The maximum atomic E-state index is 14.0. The van der Waals surface area contributed by atoms with Crippen LogP contribution < -0.4 is 4.74 Å². The summed E-state index contributed by atoms with van der Waals surface area (Å²) in [6.07, 6.45) is 4.41. The summed E-state index contributed by atoms with van der Waals surface area (Å²) >= 11 is 0. The van der Waals surface area contributed by atoms with Crippen molar-refractivity contribution in [3.05, 3.63) is 60.3 Å². The number of benzene rings is 1.